The summed E-state index contributed by atoms with van der Waals surface area (Å²) >= 11 is 0. The van der Waals surface area contributed by atoms with Crippen molar-refractivity contribution in [3.63, 3.8) is 0 Å². The molecule has 4 aromatic carbocycles. The minimum atomic E-state index is -2.77. The fraction of sp³-hybridized carbons (Fsp3) is 0.436. The molecule has 4 aliphatic carbocycles. The molecule has 2 N–H and O–H groups in total. The van der Waals surface area contributed by atoms with Gasteiger partial charge in [-0.3, -0.25) is 20.2 Å². The molecular formula is C55H58F4N8O7. The lowest BCUT2D eigenvalue weighted by Crippen LogP contribution is -2.24. The predicted octanol–water partition coefficient (Wildman–Crippen LogP) is 14.0. The second-order valence-electron chi connectivity index (χ2n) is 22.5. The lowest BCUT2D eigenvalue weighted by Gasteiger charge is -2.23. The maximum Gasteiger partial charge on any atom is 0.519 e. The number of alkyl halides is 4. The summed E-state index contributed by atoms with van der Waals surface area (Å²) in [5.74, 6) is -4.71. The topological polar surface area (TPSA) is 182 Å². The normalized spacial score (nSPS) is 20.8. The van der Waals surface area contributed by atoms with Crippen molar-refractivity contribution in [2.24, 2.45) is 0 Å². The standard InChI is InChI=1S/C55H58F4N8O7/c1-52(2,3)64-49(60-39-13-11-35-27-54(56,57)29-37(35)21-39)25-45(62-64)33-9-7-31(19-33)43-23-41(66(69)70)15-17-47(43)73-51(68)74-48-18-16-42(67(71)72)24-44(48)32-8-10-34(20-32)46-26-50(65(63-46)53(4,5)6)61-40-14-12-36-28-55(58,59)30-38(36)22-40/h11-18,21-26,31-34,60-61H,7-10,19-20,27-30H2,1-6H3. The quantitative estimate of drug-likeness (QED) is 0.0391. The van der Waals surface area contributed by atoms with Crippen LogP contribution in [-0.2, 0) is 36.8 Å². The molecule has 2 heterocycles. The van der Waals surface area contributed by atoms with E-state index in [1.807, 2.05) is 63.0 Å². The van der Waals surface area contributed by atoms with Crippen LogP contribution in [0.5, 0.6) is 11.5 Å². The molecule has 0 saturated heterocycles. The van der Waals surface area contributed by atoms with Crippen LogP contribution >= 0.6 is 0 Å². The zero-order valence-electron chi connectivity index (χ0n) is 42.0. The van der Waals surface area contributed by atoms with Gasteiger partial charge in [0, 0.05) is 96.4 Å². The maximum atomic E-state index is 14.2. The molecule has 0 bridgehead atoms. The molecule has 4 unspecified atom stereocenters. The molecule has 10 rings (SSSR count). The van der Waals surface area contributed by atoms with E-state index in [0.29, 0.717) is 94.9 Å². The van der Waals surface area contributed by atoms with E-state index in [1.165, 1.54) is 36.4 Å². The van der Waals surface area contributed by atoms with E-state index in [2.05, 4.69) is 10.6 Å². The lowest BCUT2D eigenvalue weighted by molar-refractivity contribution is -0.385. The first kappa shape index (κ1) is 50.2. The second kappa shape index (κ2) is 18.6. The molecule has 0 amide bonds. The van der Waals surface area contributed by atoms with Crippen LogP contribution in [-0.4, -0.2) is 47.4 Å². The van der Waals surface area contributed by atoms with Gasteiger partial charge < -0.3 is 20.1 Å². The molecule has 2 aromatic heterocycles. The summed E-state index contributed by atoms with van der Waals surface area (Å²) in [6.07, 6.45) is 1.29. The Morgan fingerprint density at radius 1 is 0.568 bits per heavy atom. The number of nitrogens with one attached hydrogen (secondary N) is 2. The summed E-state index contributed by atoms with van der Waals surface area (Å²) < 4.78 is 72.4. The van der Waals surface area contributed by atoms with Gasteiger partial charge in [-0.1, -0.05) is 12.1 Å². The lowest BCUT2D eigenvalue weighted by atomic mass is 9.94. The van der Waals surface area contributed by atoms with Gasteiger partial charge in [0.2, 0.25) is 0 Å². The van der Waals surface area contributed by atoms with Gasteiger partial charge in [-0.25, -0.2) is 31.7 Å². The number of carbonyl (C=O) groups excluding carboxylic acids is 1. The molecule has 15 nitrogen and oxygen atoms in total. The number of non-ortho nitro benzene ring substituents is 2. The molecule has 4 atom stereocenters. The number of nitro groups is 2. The summed E-state index contributed by atoms with van der Waals surface area (Å²) in [5, 5.41) is 41.0. The number of ether oxygens (including phenoxy) is 2. The van der Waals surface area contributed by atoms with Crippen LogP contribution in [0.15, 0.2) is 84.9 Å². The van der Waals surface area contributed by atoms with E-state index in [9.17, 15) is 42.6 Å². The van der Waals surface area contributed by atoms with Gasteiger partial charge in [0.15, 0.2) is 0 Å². The van der Waals surface area contributed by atoms with E-state index < -0.39 is 38.9 Å². The molecule has 6 aromatic rings. The van der Waals surface area contributed by atoms with Crippen LogP contribution in [0.3, 0.4) is 0 Å². The van der Waals surface area contributed by atoms with Crippen LogP contribution in [0.4, 0.5) is 56.7 Å². The highest BCUT2D eigenvalue weighted by Gasteiger charge is 2.40. The number of hydrogen-bond donors (Lipinski definition) is 2. The van der Waals surface area contributed by atoms with Crippen LogP contribution in [0, 0.1) is 20.2 Å². The fourth-order valence-corrected chi connectivity index (χ4v) is 11.4. The first-order valence-corrected chi connectivity index (χ1v) is 25.1. The molecule has 388 valence electrons. The van der Waals surface area contributed by atoms with Crippen molar-refractivity contribution < 1.29 is 41.7 Å². The Morgan fingerprint density at radius 2 is 0.946 bits per heavy atom. The molecule has 0 radical (unpaired) electrons. The van der Waals surface area contributed by atoms with Crippen molar-refractivity contribution in [2.45, 2.75) is 152 Å². The average Bonchev–Trinajstić information content (AvgIpc) is 4.17. The third-order valence-corrected chi connectivity index (χ3v) is 14.9. The summed E-state index contributed by atoms with van der Waals surface area (Å²) in [4.78, 5) is 37.0. The first-order chi connectivity index (χ1) is 34.8. The molecule has 4 aliphatic rings. The van der Waals surface area contributed by atoms with E-state index in [0.717, 1.165) is 11.4 Å². The Balaban J connectivity index is 0.856. The summed E-state index contributed by atoms with van der Waals surface area (Å²) in [5.41, 5.74) is 5.02. The summed E-state index contributed by atoms with van der Waals surface area (Å²) in [6.45, 7) is 12.1. The van der Waals surface area contributed by atoms with Gasteiger partial charge in [0.1, 0.15) is 23.1 Å². The van der Waals surface area contributed by atoms with Gasteiger partial charge in [-0.15, -0.1) is 0 Å². The van der Waals surface area contributed by atoms with Gasteiger partial charge in [0.05, 0.1) is 32.3 Å². The zero-order chi connectivity index (χ0) is 52.6. The third kappa shape index (κ3) is 10.4. The van der Waals surface area contributed by atoms with Gasteiger partial charge in [-0.05, 0) is 151 Å². The molecule has 0 spiro atoms. The van der Waals surface area contributed by atoms with Gasteiger partial charge in [-0.2, -0.15) is 10.2 Å². The smallest absolute Gasteiger partial charge is 0.394 e. The summed E-state index contributed by atoms with van der Waals surface area (Å²) in [6, 6.07) is 22.6. The third-order valence-electron chi connectivity index (χ3n) is 14.9. The van der Waals surface area contributed by atoms with Crippen molar-refractivity contribution in [1.29, 1.82) is 0 Å². The number of carbonyl (C=O) groups is 1. The van der Waals surface area contributed by atoms with Crippen molar-refractivity contribution in [2.75, 3.05) is 10.6 Å². The van der Waals surface area contributed by atoms with Crippen molar-refractivity contribution >= 4 is 40.5 Å². The monoisotopic (exact) mass is 1020 g/mol. The van der Waals surface area contributed by atoms with E-state index in [-0.39, 0.29) is 72.2 Å². The Bertz CT molecular complexity index is 3000. The fourth-order valence-electron chi connectivity index (χ4n) is 11.4. The zero-order valence-corrected chi connectivity index (χ0v) is 42.0. The highest BCUT2D eigenvalue weighted by Crippen LogP contribution is 2.50. The number of nitro benzene ring substituents is 2. The SMILES string of the molecule is CC(C)(C)n1nc(C2CCC(c3cc([N+](=O)[O-])ccc3OC(=O)Oc3ccc([N+](=O)[O-])cc3C3CCC(c4cc(Nc5ccc6c(c5)CC(F)(F)C6)n(C(C)(C)C)n4)C3)C2)cc1Nc1ccc2c(c1)CC(F)(F)C2. The first-order valence-electron chi connectivity index (χ1n) is 25.1. The number of nitrogens with zero attached hydrogens (tertiary/aromatic N) is 6. The number of rotatable bonds is 12. The van der Waals surface area contributed by atoms with Crippen LogP contribution in [0.1, 0.15) is 149 Å². The molecule has 2 fully saturated rings. The van der Waals surface area contributed by atoms with Crippen molar-refractivity contribution in [1.82, 2.24) is 19.6 Å². The highest BCUT2D eigenvalue weighted by molar-refractivity contribution is 5.70. The molecule has 74 heavy (non-hydrogen) atoms. The van der Waals surface area contributed by atoms with Crippen LogP contribution in [0.2, 0.25) is 0 Å². The number of aromatic nitrogens is 4. The molecule has 0 aliphatic heterocycles. The molecule has 2 saturated carbocycles. The van der Waals surface area contributed by atoms with E-state index in [1.54, 1.807) is 36.4 Å². The highest BCUT2D eigenvalue weighted by atomic mass is 19.3. The predicted molar refractivity (Wildman–Crippen MR) is 270 cm³/mol. The molecular weight excluding hydrogens is 961 g/mol. The van der Waals surface area contributed by atoms with Crippen molar-refractivity contribution in [3.8, 4) is 11.5 Å². The van der Waals surface area contributed by atoms with Crippen LogP contribution in [0.25, 0.3) is 0 Å². The van der Waals surface area contributed by atoms with Gasteiger partial charge >= 0.3 is 6.16 Å². The Kier molecular flexibility index (Phi) is 12.6. The minimum absolute atomic E-state index is 0.0762. The van der Waals surface area contributed by atoms with Gasteiger partial charge in [0.25, 0.3) is 23.2 Å². The number of anilines is 4. The Hall–Kier alpha value is -7.31. The summed E-state index contributed by atoms with van der Waals surface area (Å²) in [7, 11) is 0. The number of benzene rings is 4. The van der Waals surface area contributed by atoms with Crippen molar-refractivity contribution in [3.05, 3.63) is 150 Å². The van der Waals surface area contributed by atoms with Crippen LogP contribution < -0.4 is 20.1 Å². The Labute approximate surface area is 424 Å². The number of hydrogen-bond acceptors (Lipinski definition) is 11. The minimum Gasteiger partial charge on any atom is -0.394 e. The number of halogens is 4. The largest absolute Gasteiger partial charge is 0.519 e. The number of fused-ring (bicyclic) bond motifs is 2. The maximum absolute atomic E-state index is 14.2. The Morgan fingerprint density at radius 3 is 1.32 bits per heavy atom. The molecule has 19 heteroatoms. The second-order valence-corrected chi connectivity index (χ2v) is 22.5. The van der Waals surface area contributed by atoms with E-state index >= 15 is 0 Å². The van der Waals surface area contributed by atoms with E-state index in [4.69, 9.17) is 19.7 Å². The average molecular weight is 1020 g/mol.